The van der Waals surface area contributed by atoms with Gasteiger partial charge in [-0.3, -0.25) is 0 Å². The fourth-order valence-corrected chi connectivity index (χ4v) is 1.62. The number of hydrogen-bond acceptors (Lipinski definition) is 3. The molecule has 1 aromatic rings. The number of amides is 2. The summed E-state index contributed by atoms with van der Waals surface area (Å²) in [5.41, 5.74) is 6.68. The van der Waals surface area contributed by atoms with Crippen molar-refractivity contribution in [1.82, 2.24) is 0 Å². The molecule has 0 heterocycles. The molecule has 1 aromatic carbocycles. The number of primary amides is 1. The van der Waals surface area contributed by atoms with Gasteiger partial charge < -0.3 is 21.1 Å². The number of rotatable bonds is 6. The van der Waals surface area contributed by atoms with E-state index in [1.54, 1.807) is 13.2 Å². The van der Waals surface area contributed by atoms with Gasteiger partial charge in [0.05, 0.1) is 12.6 Å². The third-order valence-corrected chi connectivity index (χ3v) is 2.63. The summed E-state index contributed by atoms with van der Waals surface area (Å²) in [5.74, 6) is 0.442. The number of urea groups is 1. The Balaban J connectivity index is 2.73. The molecule has 0 saturated heterocycles. The third kappa shape index (κ3) is 4.63. The molecule has 0 aliphatic rings. The van der Waals surface area contributed by atoms with Crippen LogP contribution in [0.25, 0.3) is 0 Å². The van der Waals surface area contributed by atoms with Gasteiger partial charge in [0.25, 0.3) is 0 Å². The molecular weight excluding hydrogens is 230 g/mol. The molecule has 1 rings (SSSR count). The predicted molar refractivity (Wildman–Crippen MR) is 73.8 cm³/mol. The number of carbonyl (C=O) groups is 1. The minimum Gasteiger partial charge on any atom is -0.383 e. The zero-order valence-electron chi connectivity index (χ0n) is 11.1. The van der Waals surface area contributed by atoms with Gasteiger partial charge in [-0.25, -0.2) is 4.79 Å². The molecule has 100 valence electrons. The van der Waals surface area contributed by atoms with Gasteiger partial charge in [0.1, 0.15) is 0 Å². The molecule has 0 aliphatic carbocycles. The number of methoxy groups -OCH3 is 1. The van der Waals surface area contributed by atoms with E-state index in [0.29, 0.717) is 18.2 Å². The molecule has 18 heavy (non-hydrogen) atoms. The van der Waals surface area contributed by atoms with Crippen LogP contribution in [0.2, 0.25) is 0 Å². The number of hydrogen-bond donors (Lipinski definition) is 3. The van der Waals surface area contributed by atoms with Crippen LogP contribution in [0.3, 0.4) is 0 Å². The second-order valence-corrected chi connectivity index (χ2v) is 4.52. The first-order chi connectivity index (χ1) is 8.52. The van der Waals surface area contributed by atoms with Gasteiger partial charge >= 0.3 is 6.03 Å². The summed E-state index contributed by atoms with van der Waals surface area (Å²) in [7, 11) is 1.68. The van der Waals surface area contributed by atoms with Gasteiger partial charge in [0.2, 0.25) is 0 Å². The fraction of sp³-hybridized carbons (Fsp3) is 0.462. The SMILES string of the molecule is COCC(Nc1cccc(NC(N)=O)c1)C(C)C. The summed E-state index contributed by atoms with van der Waals surface area (Å²) in [5, 5.41) is 5.92. The summed E-state index contributed by atoms with van der Waals surface area (Å²) in [6.07, 6.45) is 0. The Hall–Kier alpha value is -1.75. The second kappa shape index (κ2) is 6.86. The van der Waals surface area contributed by atoms with Crippen LogP contribution in [0.15, 0.2) is 24.3 Å². The van der Waals surface area contributed by atoms with Gasteiger partial charge in [-0.2, -0.15) is 0 Å². The van der Waals surface area contributed by atoms with Crippen molar-refractivity contribution >= 4 is 17.4 Å². The van der Waals surface area contributed by atoms with Crippen molar-refractivity contribution in [2.75, 3.05) is 24.4 Å². The highest BCUT2D eigenvalue weighted by Gasteiger charge is 2.12. The van der Waals surface area contributed by atoms with Gasteiger partial charge in [-0.05, 0) is 24.1 Å². The van der Waals surface area contributed by atoms with Crippen LogP contribution >= 0.6 is 0 Å². The van der Waals surface area contributed by atoms with Crippen molar-refractivity contribution in [1.29, 1.82) is 0 Å². The summed E-state index contributed by atoms with van der Waals surface area (Å²) < 4.78 is 5.18. The molecule has 2 amide bonds. The number of ether oxygens (including phenoxy) is 1. The Labute approximate surface area is 108 Å². The van der Waals surface area contributed by atoms with Crippen molar-refractivity contribution in [3.63, 3.8) is 0 Å². The highest BCUT2D eigenvalue weighted by molar-refractivity contribution is 5.88. The zero-order valence-corrected chi connectivity index (χ0v) is 11.1. The Kier molecular flexibility index (Phi) is 5.45. The van der Waals surface area contributed by atoms with Gasteiger partial charge in [-0.15, -0.1) is 0 Å². The summed E-state index contributed by atoms with van der Waals surface area (Å²) >= 11 is 0. The molecule has 5 heteroatoms. The number of nitrogens with one attached hydrogen (secondary N) is 2. The highest BCUT2D eigenvalue weighted by Crippen LogP contribution is 2.18. The fourth-order valence-electron chi connectivity index (χ4n) is 1.62. The summed E-state index contributed by atoms with van der Waals surface area (Å²) in [4.78, 5) is 10.8. The van der Waals surface area contributed by atoms with Gasteiger partial charge in [-0.1, -0.05) is 19.9 Å². The Morgan fingerprint density at radius 3 is 2.61 bits per heavy atom. The van der Waals surface area contributed by atoms with Crippen molar-refractivity contribution < 1.29 is 9.53 Å². The molecule has 0 aromatic heterocycles. The first-order valence-corrected chi connectivity index (χ1v) is 5.95. The summed E-state index contributed by atoms with van der Waals surface area (Å²) in [6.45, 7) is 4.88. The van der Waals surface area contributed by atoms with Crippen molar-refractivity contribution in [3.05, 3.63) is 24.3 Å². The van der Waals surface area contributed by atoms with Crippen LogP contribution in [0.1, 0.15) is 13.8 Å². The molecular formula is C13H21N3O2. The average molecular weight is 251 g/mol. The maximum absolute atomic E-state index is 10.8. The number of anilines is 2. The van der Waals surface area contributed by atoms with Gasteiger partial charge in [0, 0.05) is 18.5 Å². The second-order valence-electron chi connectivity index (χ2n) is 4.52. The maximum atomic E-state index is 10.8. The van der Waals surface area contributed by atoms with Crippen molar-refractivity contribution in [2.24, 2.45) is 11.7 Å². The van der Waals surface area contributed by atoms with E-state index in [2.05, 4.69) is 24.5 Å². The van der Waals surface area contributed by atoms with Crippen LogP contribution in [0.4, 0.5) is 16.2 Å². The minimum absolute atomic E-state index is 0.221. The molecule has 1 atom stereocenters. The first-order valence-electron chi connectivity index (χ1n) is 5.95. The molecule has 5 nitrogen and oxygen atoms in total. The molecule has 0 radical (unpaired) electrons. The number of carbonyl (C=O) groups excluding carboxylic acids is 1. The average Bonchev–Trinajstić information content (AvgIpc) is 2.28. The normalized spacial score (nSPS) is 12.2. The molecule has 0 fully saturated rings. The standard InChI is InChI=1S/C13H21N3O2/c1-9(2)12(8-18-3)15-10-5-4-6-11(7-10)16-13(14)17/h4-7,9,12,15H,8H2,1-3H3,(H3,14,16,17). The Morgan fingerprint density at radius 2 is 2.06 bits per heavy atom. The van der Waals surface area contributed by atoms with E-state index in [4.69, 9.17) is 10.5 Å². The van der Waals surface area contributed by atoms with E-state index in [1.165, 1.54) is 0 Å². The Morgan fingerprint density at radius 1 is 1.39 bits per heavy atom. The van der Waals surface area contributed by atoms with E-state index < -0.39 is 6.03 Å². The molecule has 0 aliphatic heterocycles. The lowest BCUT2D eigenvalue weighted by Crippen LogP contribution is -2.30. The Bertz CT molecular complexity index is 394. The lowest BCUT2D eigenvalue weighted by Gasteiger charge is -2.23. The van der Waals surface area contributed by atoms with Crippen molar-refractivity contribution in [3.8, 4) is 0 Å². The van der Waals surface area contributed by atoms with E-state index in [0.717, 1.165) is 5.69 Å². The predicted octanol–water partition coefficient (Wildman–Crippen LogP) is 2.26. The van der Waals surface area contributed by atoms with Crippen LogP contribution in [-0.2, 0) is 4.74 Å². The van der Waals surface area contributed by atoms with E-state index in [-0.39, 0.29) is 6.04 Å². The largest absolute Gasteiger partial charge is 0.383 e. The maximum Gasteiger partial charge on any atom is 0.316 e. The summed E-state index contributed by atoms with van der Waals surface area (Å²) in [6, 6.07) is 7.09. The van der Waals surface area contributed by atoms with E-state index in [9.17, 15) is 4.79 Å². The molecule has 0 spiro atoms. The minimum atomic E-state index is -0.565. The van der Waals surface area contributed by atoms with E-state index >= 15 is 0 Å². The van der Waals surface area contributed by atoms with Crippen LogP contribution in [0, 0.1) is 5.92 Å². The molecule has 0 saturated carbocycles. The molecule has 0 bridgehead atoms. The van der Waals surface area contributed by atoms with Gasteiger partial charge in [0.15, 0.2) is 0 Å². The zero-order chi connectivity index (χ0) is 13.5. The third-order valence-electron chi connectivity index (χ3n) is 2.63. The highest BCUT2D eigenvalue weighted by atomic mass is 16.5. The molecule has 4 N–H and O–H groups in total. The lowest BCUT2D eigenvalue weighted by molar-refractivity contribution is 0.171. The van der Waals surface area contributed by atoms with Crippen LogP contribution in [0.5, 0.6) is 0 Å². The van der Waals surface area contributed by atoms with Crippen LogP contribution < -0.4 is 16.4 Å². The topological polar surface area (TPSA) is 76.4 Å². The quantitative estimate of drug-likeness (QED) is 0.725. The monoisotopic (exact) mass is 251 g/mol. The first kappa shape index (κ1) is 14.3. The number of nitrogens with two attached hydrogens (primary N) is 1. The lowest BCUT2D eigenvalue weighted by atomic mass is 10.0. The van der Waals surface area contributed by atoms with Crippen molar-refractivity contribution in [2.45, 2.75) is 19.9 Å². The van der Waals surface area contributed by atoms with Crippen LogP contribution in [-0.4, -0.2) is 25.8 Å². The smallest absolute Gasteiger partial charge is 0.316 e. The molecule has 1 unspecified atom stereocenters. The van der Waals surface area contributed by atoms with E-state index in [1.807, 2.05) is 18.2 Å². The number of benzene rings is 1.